The first-order chi connectivity index (χ1) is 9.75. The van der Waals surface area contributed by atoms with E-state index in [0.29, 0.717) is 22.4 Å². The zero-order chi connectivity index (χ0) is 13.9. The summed E-state index contributed by atoms with van der Waals surface area (Å²) in [6, 6.07) is 10.6. The molecular formula is C15H10N2O3. The molecule has 1 aromatic carbocycles. The van der Waals surface area contributed by atoms with Crippen molar-refractivity contribution < 1.29 is 14.6 Å². The number of fused-ring (bicyclic) bond motifs is 1. The van der Waals surface area contributed by atoms with Crippen LogP contribution < -0.4 is 4.74 Å². The highest BCUT2D eigenvalue weighted by Crippen LogP contribution is 2.29. The van der Waals surface area contributed by atoms with Gasteiger partial charge in [-0.1, -0.05) is 18.2 Å². The van der Waals surface area contributed by atoms with Gasteiger partial charge in [0, 0.05) is 23.2 Å². The van der Waals surface area contributed by atoms with Gasteiger partial charge in [0.1, 0.15) is 5.75 Å². The van der Waals surface area contributed by atoms with Crippen LogP contribution in [0.25, 0.3) is 10.8 Å². The summed E-state index contributed by atoms with van der Waals surface area (Å²) in [4.78, 5) is 19.2. The number of pyridine rings is 2. The van der Waals surface area contributed by atoms with Gasteiger partial charge in [0.25, 0.3) is 0 Å². The third kappa shape index (κ3) is 2.16. The predicted molar refractivity (Wildman–Crippen MR) is 73.0 cm³/mol. The lowest BCUT2D eigenvalue weighted by atomic mass is 10.1. The SMILES string of the molecule is O=C(O)c1cnc(Oc2cccnc2)c2ccccc12. The molecule has 3 aromatic rings. The first-order valence-corrected chi connectivity index (χ1v) is 5.94. The van der Waals surface area contributed by atoms with Crippen LogP contribution in [0.4, 0.5) is 0 Å². The second kappa shape index (κ2) is 4.97. The van der Waals surface area contributed by atoms with E-state index in [1.165, 1.54) is 6.20 Å². The molecule has 20 heavy (non-hydrogen) atoms. The topological polar surface area (TPSA) is 72.3 Å². The van der Waals surface area contributed by atoms with Gasteiger partial charge in [-0.3, -0.25) is 4.98 Å². The molecule has 5 heteroatoms. The molecule has 0 radical (unpaired) electrons. The molecule has 0 bridgehead atoms. The molecule has 0 spiro atoms. The Morgan fingerprint density at radius 1 is 1.05 bits per heavy atom. The number of benzene rings is 1. The number of carbonyl (C=O) groups is 1. The van der Waals surface area contributed by atoms with E-state index in [1.54, 1.807) is 42.7 Å². The van der Waals surface area contributed by atoms with E-state index in [4.69, 9.17) is 4.74 Å². The first-order valence-electron chi connectivity index (χ1n) is 5.94. The van der Waals surface area contributed by atoms with Gasteiger partial charge < -0.3 is 9.84 Å². The van der Waals surface area contributed by atoms with Crippen molar-refractivity contribution >= 4 is 16.7 Å². The van der Waals surface area contributed by atoms with Gasteiger partial charge in [0.15, 0.2) is 0 Å². The number of hydrogen-bond acceptors (Lipinski definition) is 4. The molecule has 1 N–H and O–H groups in total. The fourth-order valence-corrected chi connectivity index (χ4v) is 1.94. The third-order valence-corrected chi connectivity index (χ3v) is 2.84. The van der Waals surface area contributed by atoms with Crippen LogP contribution in [0.15, 0.2) is 55.0 Å². The molecule has 0 aliphatic heterocycles. The van der Waals surface area contributed by atoms with Crippen LogP contribution >= 0.6 is 0 Å². The number of aromatic carboxylic acids is 1. The summed E-state index contributed by atoms with van der Waals surface area (Å²) in [5.74, 6) is -0.103. The maximum absolute atomic E-state index is 11.2. The normalized spacial score (nSPS) is 10.4. The molecule has 3 rings (SSSR count). The van der Waals surface area contributed by atoms with Crippen molar-refractivity contribution in [1.82, 2.24) is 9.97 Å². The van der Waals surface area contributed by atoms with Crippen molar-refractivity contribution in [1.29, 1.82) is 0 Å². The van der Waals surface area contributed by atoms with Crippen molar-refractivity contribution in [3.63, 3.8) is 0 Å². The van der Waals surface area contributed by atoms with Gasteiger partial charge in [-0.15, -0.1) is 0 Å². The second-order valence-electron chi connectivity index (χ2n) is 4.12. The third-order valence-electron chi connectivity index (χ3n) is 2.84. The van der Waals surface area contributed by atoms with E-state index in [2.05, 4.69) is 9.97 Å². The molecule has 5 nitrogen and oxygen atoms in total. The Morgan fingerprint density at radius 3 is 2.55 bits per heavy atom. The van der Waals surface area contributed by atoms with Crippen LogP contribution in [0.3, 0.4) is 0 Å². The average molecular weight is 266 g/mol. The van der Waals surface area contributed by atoms with E-state index < -0.39 is 5.97 Å². The summed E-state index contributed by atoms with van der Waals surface area (Å²) in [6.07, 6.45) is 4.52. The van der Waals surface area contributed by atoms with Gasteiger partial charge in [-0.05, 0) is 18.2 Å². The Morgan fingerprint density at radius 2 is 1.85 bits per heavy atom. The highest BCUT2D eigenvalue weighted by molar-refractivity contribution is 6.04. The fraction of sp³-hybridized carbons (Fsp3) is 0. The molecule has 2 aromatic heterocycles. The minimum Gasteiger partial charge on any atom is -0.478 e. The maximum atomic E-state index is 11.2. The Hall–Kier alpha value is -2.95. The minimum absolute atomic E-state index is 0.152. The quantitative estimate of drug-likeness (QED) is 0.788. The van der Waals surface area contributed by atoms with Crippen molar-refractivity contribution in [2.24, 2.45) is 0 Å². The number of nitrogens with zero attached hydrogens (tertiary/aromatic N) is 2. The number of carboxylic acids is 1. The second-order valence-corrected chi connectivity index (χ2v) is 4.12. The van der Waals surface area contributed by atoms with Gasteiger partial charge in [-0.2, -0.15) is 0 Å². The molecule has 0 amide bonds. The fourth-order valence-electron chi connectivity index (χ4n) is 1.94. The smallest absolute Gasteiger partial charge is 0.337 e. The summed E-state index contributed by atoms with van der Waals surface area (Å²) in [7, 11) is 0. The predicted octanol–water partition coefficient (Wildman–Crippen LogP) is 3.12. The van der Waals surface area contributed by atoms with Crippen molar-refractivity contribution in [2.75, 3.05) is 0 Å². The molecular weight excluding hydrogens is 256 g/mol. The average Bonchev–Trinajstić information content (AvgIpc) is 2.48. The summed E-state index contributed by atoms with van der Waals surface area (Å²) < 4.78 is 5.66. The number of hydrogen-bond donors (Lipinski definition) is 1. The number of carboxylic acid groups (broad SMARTS) is 1. The highest BCUT2D eigenvalue weighted by Gasteiger charge is 2.13. The zero-order valence-electron chi connectivity index (χ0n) is 10.4. The lowest BCUT2D eigenvalue weighted by Crippen LogP contribution is -2.00. The molecule has 98 valence electrons. The Kier molecular flexibility index (Phi) is 3.01. The van der Waals surface area contributed by atoms with Crippen LogP contribution in [0.5, 0.6) is 11.6 Å². The van der Waals surface area contributed by atoms with E-state index in [-0.39, 0.29) is 5.56 Å². The Bertz CT molecular complexity index is 772. The molecule has 0 aliphatic carbocycles. The van der Waals surface area contributed by atoms with E-state index in [0.717, 1.165) is 0 Å². The first kappa shape index (κ1) is 12.1. The van der Waals surface area contributed by atoms with Crippen LogP contribution in [-0.4, -0.2) is 21.0 Å². The monoisotopic (exact) mass is 266 g/mol. The summed E-state index contributed by atoms with van der Waals surface area (Å²) in [5.41, 5.74) is 0.152. The number of rotatable bonds is 3. The molecule has 0 saturated heterocycles. The highest BCUT2D eigenvalue weighted by atomic mass is 16.5. The largest absolute Gasteiger partial charge is 0.478 e. The van der Waals surface area contributed by atoms with Crippen LogP contribution in [0.1, 0.15) is 10.4 Å². The standard InChI is InChI=1S/C15H10N2O3/c18-15(19)13-9-17-14(12-6-2-1-5-11(12)13)20-10-4-3-7-16-8-10/h1-9H,(H,18,19). The lowest BCUT2D eigenvalue weighted by Gasteiger charge is -2.09. The minimum atomic E-state index is -1.01. The van der Waals surface area contributed by atoms with Gasteiger partial charge >= 0.3 is 5.97 Å². The number of aromatic nitrogens is 2. The number of ether oxygens (including phenoxy) is 1. The van der Waals surface area contributed by atoms with Crippen molar-refractivity contribution in [2.45, 2.75) is 0 Å². The van der Waals surface area contributed by atoms with Gasteiger partial charge in [0.05, 0.1) is 11.8 Å². The van der Waals surface area contributed by atoms with Gasteiger partial charge in [0.2, 0.25) is 5.88 Å². The van der Waals surface area contributed by atoms with Crippen LogP contribution in [0.2, 0.25) is 0 Å². The maximum Gasteiger partial charge on any atom is 0.337 e. The molecule has 0 saturated carbocycles. The van der Waals surface area contributed by atoms with Crippen molar-refractivity contribution in [3.05, 3.63) is 60.6 Å². The van der Waals surface area contributed by atoms with E-state index in [9.17, 15) is 9.90 Å². The van der Waals surface area contributed by atoms with Gasteiger partial charge in [-0.25, -0.2) is 9.78 Å². The summed E-state index contributed by atoms with van der Waals surface area (Å²) in [5, 5.41) is 10.4. The zero-order valence-corrected chi connectivity index (χ0v) is 10.4. The van der Waals surface area contributed by atoms with Crippen LogP contribution in [0, 0.1) is 0 Å². The Balaban J connectivity index is 2.13. The molecule has 2 heterocycles. The van der Waals surface area contributed by atoms with Crippen molar-refractivity contribution in [3.8, 4) is 11.6 Å². The molecule has 0 aliphatic rings. The van der Waals surface area contributed by atoms with Crippen LogP contribution in [-0.2, 0) is 0 Å². The lowest BCUT2D eigenvalue weighted by molar-refractivity contribution is 0.0698. The molecule has 0 unspecified atom stereocenters. The van der Waals surface area contributed by atoms with E-state index >= 15 is 0 Å². The summed E-state index contributed by atoms with van der Waals surface area (Å²) >= 11 is 0. The molecule has 0 fully saturated rings. The Labute approximate surface area is 114 Å². The van der Waals surface area contributed by atoms with E-state index in [1.807, 2.05) is 6.07 Å². The molecule has 0 atom stereocenters. The summed E-state index contributed by atoms with van der Waals surface area (Å²) in [6.45, 7) is 0.